The SMILES string of the molecule is Cc1ccccc1C(=O)N1CCn2cccc2C1c1ccc(N(C)C)cc1. The van der Waals surface area contributed by atoms with Gasteiger partial charge in [-0.25, -0.2) is 0 Å². The number of rotatable bonds is 3. The van der Waals surface area contributed by atoms with E-state index in [1.54, 1.807) is 0 Å². The fourth-order valence-corrected chi connectivity index (χ4v) is 3.88. The van der Waals surface area contributed by atoms with Crippen molar-refractivity contribution in [2.75, 3.05) is 25.5 Å². The van der Waals surface area contributed by atoms with Crippen LogP contribution in [-0.2, 0) is 6.54 Å². The number of benzene rings is 2. The molecule has 0 saturated heterocycles. The highest BCUT2D eigenvalue weighted by Crippen LogP contribution is 2.34. The van der Waals surface area contributed by atoms with Crippen molar-refractivity contribution in [1.29, 1.82) is 0 Å². The van der Waals surface area contributed by atoms with E-state index in [0.29, 0.717) is 6.54 Å². The summed E-state index contributed by atoms with van der Waals surface area (Å²) in [7, 11) is 4.07. The Balaban J connectivity index is 1.77. The van der Waals surface area contributed by atoms with Gasteiger partial charge in [0.1, 0.15) is 0 Å². The number of nitrogens with zero attached hydrogens (tertiary/aromatic N) is 3. The van der Waals surface area contributed by atoms with Crippen molar-refractivity contribution in [3.05, 3.63) is 89.2 Å². The molecule has 0 bridgehead atoms. The Labute approximate surface area is 160 Å². The Morgan fingerprint density at radius 2 is 1.70 bits per heavy atom. The number of carbonyl (C=O) groups is 1. The molecule has 1 aliphatic rings. The lowest BCUT2D eigenvalue weighted by atomic mass is 9.97. The third-order valence-electron chi connectivity index (χ3n) is 5.40. The molecule has 1 unspecified atom stereocenters. The standard InChI is InChI=1S/C23H25N3O/c1-17-7-4-5-8-20(17)23(27)26-16-15-25-14-6-9-21(25)22(26)18-10-12-19(13-11-18)24(2)3/h4-14,22H,15-16H2,1-3H3. The van der Waals surface area contributed by atoms with E-state index in [1.807, 2.05) is 50.2 Å². The monoisotopic (exact) mass is 359 g/mol. The van der Waals surface area contributed by atoms with Gasteiger partial charge in [-0.2, -0.15) is 0 Å². The molecule has 0 fully saturated rings. The predicted molar refractivity (Wildman–Crippen MR) is 109 cm³/mol. The molecule has 0 saturated carbocycles. The number of fused-ring (bicyclic) bond motifs is 1. The van der Waals surface area contributed by atoms with Crippen LogP contribution in [0.5, 0.6) is 0 Å². The highest BCUT2D eigenvalue weighted by Gasteiger charge is 2.33. The summed E-state index contributed by atoms with van der Waals surface area (Å²) in [6.45, 7) is 3.53. The minimum absolute atomic E-state index is 0.0722. The predicted octanol–water partition coefficient (Wildman–Crippen LogP) is 4.11. The van der Waals surface area contributed by atoms with Gasteiger partial charge in [-0.3, -0.25) is 4.79 Å². The molecule has 0 aliphatic carbocycles. The molecule has 2 heterocycles. The summed E-state index contributed by atoms with van der Waals surface area (Å²) in [5, 5.41) is 0. The molecular weight excluding hydrogens is 334 g/mol. The van der Waals surface area contributed by atoms with Crippen LogP contribution in [0.1, 0.15) is 33.2 Å². The zero-order valence-corrected chi connectivity index (χ0v) is 16.1. The second-order valence-corrected chi connectivity index (χ2v) is 7.33. The van der Waals surface area contributed by atoms with Crippen molar-refractivity contribution >= 4 is 11.6 Å². The van der Waals surface area contributed by atoms with Gasteiger partial charge in [0.2, 0.25) is 0 Å². The molecule has 1 aromatic heterocycles. The van der Waals surface area contributed by atoms with E-state index in [1.165, 1.54) is 5.69 Å². The highest BCUT2D eigenvalue weighted by atomic mass is 16.2. The number of aromatic nitrogens is 1. The largest absolute Gasteiger partial charge is 0.378 e. The van der Waals surface area contributed by atoms with Crippen LogP contribution < -0.4 is 4.90 Å². The molecule has 1 atom stereocenters. The molecule has 4 rings (SSSR count). The summed E-state index contributed by atoms with van der Waals surface area (Å²) in [6.07, 6.45) is 2.10. The van der Waals surface area contributed by atoms with Gasteiger partial charge >= 0.3 is 0 Å². The summed E-state index contributed by atoms with van der Waals surface area (Å²) in [4.78, 5) is 17.5. The maximum absolute atomic E-state index is 13.4. The molecule has 138 valence electrons. The lowest BCUT2D eigenvalue weighted by molar-refractivity contribution is 0.0663. The van der Waals surface area contributed by atoms with Crippen LogP contribution in [0.2, 0.25) is 0 Å². The van der Waals surface area contributed by atoms with Gasteiger partial charge in [-0.1, -0.05) is 30.3 Å². The third kappa shape index (κ3) is 3.12. The Morgan fingerprint density at radius 1 is 0.963 bits per heavy atom. The maximum Gasteiger partial charge on any atom is 0.255 e. The number of aryl methyl sites for hydroxylation is 1. The van der Waals surface area contributed by atoms with E-state index >= 15 is 0 Å². The number of carbonyl (C=O) groups excluding carboxylic acids is 1. The van der Waals surface area contributed by atoms with Crippen molar-refractivity contribution in [3.8, 4) is 0 Å². The third-order valence-corrected chi connectivity index (χ3v) is 5.40. The zero-order chi connectivity index (χ0) is 19.0. The Kier molecular flexibility index (Phi) is 4.48. The van der Waals surface area contributed by atoms with Gasteiger partial charge in [0.15, 0.2) is 0 Å². The van der Waals surface area contributed by atoms with E-state index in [0.717, 1.165) is 28.9 Å². The molecule has 0 N–H and O–H groups in total. The summed E-state index contributed by atoms with van der Waals surface area (Å²) in [5.74, 6) is 0.0993. The van der Waals surface area contributed by atoms with Crippen molar-refractivity contribution < 1.29 is 4.79 Å². The van der Waals surface area contributed by atoms with Crippen molar-refractivity contribution in [2.45, 2.75) is 19.5 Å². The van der Waals surface area contributed by atoms with E-state index < -0.39 is 0 Å². The van der Waals surface area contributed by atoms with E-state index in [9.17, 15) is 4.79 Å². The van der Waals surface area contributed by atoms with Crippen molar-refractivity contribution in [3.63, 3.8) is 0 Å². The lowest BCUT2D eigenvalue weighted by Gasteiger charge is -2.37. The molecule has 4 nitrogen and oxygen atoms in total. The summed E-state index contributed by atoms with van der Waals surface area (Å²) < 4.78 is 2.26. The lowest BCUT2D eigenvalue weighted by Crippen LogP contribution is -2.42. The van der Waals surface area contributed by atoms with E-state index in [4.69, 9.17) is 0 Å². The minimum atomic E-state index is -0.0722. The number of anilines is 1. The first-order chi connectivity index (χ1) is 13.1. The summed E-state index contributed by atoms with van der Waals surface area (Å²) in [5.41, 5.74) is 5.27. The number of hydrogen-bond acceptors (Lipinski definition) is 2. The van der Waals surface area contributed by atoms with Crippen molar-refractivity contribution in [2.24, 2.45) is 0 Å². The van der Waals surface area contributed by atoms with Crippen LogP contribution in [0, 0.1) is 6.92 Å². The average Bonchev–Trinajstić information content (AvgIpc) is 3.16. The van der Waals surface area contributed by atoms with Crippen molar-refractivity contribution in [1.82, 2.24) is 9.47 Å². The normalized spacial score (nSPS) is 16.1. The Hall–Kier alpha value is -3.01. The minimum Gasteiger partial charge on any atom is -0.378 e. The van der Waals surface area contributed by atoms with Crippen LogP contribution in [0.25, 0.3) is 0 Å². The number of hydrogen-bond donors (Lipinski definition) is 0. The van der Waals surface area contributed by atoms with E-state index in [2.05, 4.69) is 52.1 Å². The van der Waals surface area contributed by atoms with Crippen LogP contribution >= 0.6 is 0 Å². The van der Waals surface area contributed by atoms with Gasteiger partial charge < -0.3 is 14.4 Å². The highest BCUT2D eigenvalue weighted by molar-refractivity contribution is 5.96. The molecule has 4 heteroatoms. The molecular formula is C23H25N3O. The van der Waals surface area contributed by atoms with Crippen LogP contribution in [0.3, 0.4) is 0 Å². The fraction of sp³-hybridized carbons (Fsp3) is 0.261. The maximum atomic E-state index is 13.4. The molecule has 1 amide bonds. The molecule has 2 aromatic carbocycles. The van der Waals surface area contributed by atoms with Crippen LogP contribution in [0.4, 0.5) is 5.69 Å². The second kappa shape index (κ2) is 6.95. The molecule has 0 radical (unpaired) electrons. The topological polar surface area (TPSA) is 28.5 Å². The molecule has 27 heavy (non-hydrogen) atoms. The van der Waals surface area contributed by atoms with E-state index in [-0.39, 0.29) is 11.9 Å². The Morgan fingerprint density at radius 3 is 2.41 bits per heavy atom. The Bertz CT molecular complexity index is 956. The number of amides is 1. The zero-order valence-electron chi connectivity index (χ0n) is 16.1. The first-order valence-corrected chi connectivity index (χ1v) is 9.35. The molecule has 0 spiro atoms. The molecule has 3 aromatic rings. The first kappa shape index (κ1) is 17.4. The van der Waals surface area contributed by atoms with Crippen LogP contribution in [0.15, 0.2) is 66.9 Å². The van der Waals surface area contributed by atoms with Gasteiger partial charge in [0.25, 0.3) is 5.91 Å². The fourth-order valence-electron chi connectivity index (χ4n) is 3.88. The van der Waals surface area contributed by atoms with Gasteiger partial charge in [0, 0.05) is 50.3 Å². The quantitative estimate of drug-likeness (QED) is 0.704. The van der Waals surface area contributed by atoms with Crippen LogP contribution in [-0.4, -0.2) is 36.0 Å². The average molecular weight is 359 g/mol. The smallest absolute Gasteiger partial charge is 0.255 e. The van der Waals surface area contributed by atoms with Gasteiger partial charge in [-0.15, -0.1) is 0 Å². The first-order valence-electron chi connectivity index (χ1n) is 9.35. The second-order valence-electron chi connectivity index (χ2n) is 7.33. The van der Waals surface area contributed by atoms with Gasteiger partial charge in [-0.05, 0) is 48.4 Å². The summed E-state index contributed by atoms with van der Waals surface area (Å²) >= 11 is 0. The van der Waals surface area contributed by atoms with Gasteiger partial charge in [0.05, 0.1) is 6.04 Å². The summed E-state index contributed by atoms with van der Waals surface area (Å²) in [6, 6.07) is 20.5. The molecule has 1 aliphatic heterocycles.